The zero-order valence-corrected chi connectivity index (χ0v) is 19.9. The predicted octanol–water partition coefficient (Wildman–Crippen LogP) is 5.27. The molecule has 2 aromatic carbocycles. The molecule has 178 valence electrons. The lowest BCUT2D eigenvalue weighted by Crippen LogP contribution is -2.49. The van der Waals surface area contributed by atoms with Crippen molar-refractivity contribution >= 4 is 11.6 Å². The van der Waals surface area contributed by atoms with Gasteiger partial charge in [0.1, 0.15) is 17.3 Å². The molecule has 0 unspecified atom stereocenters. The molecule has 0 N–H and O–H groups in total. The average molecular weight is 464 g/mol. The largest absolute Gasteiger partial charge is 0.368 e. The summed E-state index contributed by atoms with van der Waals surface area (Å²) in [6.45, 7) is 6.91. The van der Waals surface area contributed by atoms with E-state index in [0.717, 1.165) is 50.0 Å². The van der Waals surface area contributed by atoms with Crippen LogP contribution in [-0.2, 0) is 19.4 Å². The number of anilines is 1. The van der Waals surface area contributed by atoms with Crippen LogP contribution in [0.4, 0.5) is 14.5 Å². The fourth-order valence-corrected chi connectivity index (χ4v) is 5.58. The number of fused-ring (bicyclic) bond motifs is 1. The summed E-state index contributed by atoms with van der Waals surface area (Å²) in [4.78, 5) is 18.1. The number of piperazine rings is 1. The number of para-hydroxylation sites is 1. The number of aromatic nitrogens is 1. The first-order valence-corrected chi connectivity index (χ1v) is 12.2. The number of amides is 1. The van der Waals surface area contributed by atoms with Crippen LogP contribution < -0.4 is 4.90 Å². The Morgan fingerprint density at radius 2 is 1.56 bits per heavy atom. The van der Waals surface area contributed by atoms with Crippen LogP contribution in [0.2, 0.25) is 0 Å². The molecule has 3 aromatic rings. The maximum atomic E-state index is 14.5. The van der Waals surface area contributed by atoms with Gasteiger partial charge < -0.3 is 14.4 Å². The topological polar surface area (TPSA) is 28.5 Å². The molecule has 2 heterocycles. The third-order valence-electron chi connectivity index (χ3n) is 7.45. The summed E-state index contributed by atoms with van der Waals surface area (Å²) in [5.74, 6) is -1.17. The molecule has 1 aliphatic heterocycles. The number of carbonyl (C=O) groups excluding carboxylic acids is 1. The van der Waals surface area contributed by atoms with Crippen LogP contribution in [-0.4, -0.2) is 41.6 Å². The SMILES string of the molecule is Cc1ccccc1N1CCN(C(=O)c2c(C)c3c(n2Cc2c(F)cccc2F)CCCC3)CC1. The third kappa shape index (κ3) is 3.99. The van der Waals surface area contributed by atoms with Crippen LogP contribution in [0.15, 0.2) is 42.5 Å². The molecule has 1 fully saturated rings. The van der Waals surface area contributed by atoms with E-state index in [1.807, 2.05) is 28.5 Å². The molecule has 1 amide bonds. The van der Waals surface area contributed by atoms with Gasteiger partial charge >= 0.3 is 0 Å². The van der Waals surface area contributed by atoms with Crippen LogP contribution >= 0.6 is 0 Å². The minimum Gasteiger partial charge on any atom is -0.368 e. The van der Waals surface area contributed by atoms with Crippen LogP contribution in [0.1, 0.15) is 51.3 Å². The van der Waals surface area contributed by atoms with Crippen molar-refractivity contribution in [3.05, 3.63) is 87.7 Å². The Morgan fingerprint density at radius 1 is 0.882 bits per heavy atom. The predicted molar refractivity (Wildman–Crippen MR) is 131 cm³/mol. The summed E-state index contributed by atoms with van der Waals surface area (Å²) in [6.07, 6.45) is 3.85. The fourth-order valence-electron chi connectivity index (χ4n) is 5.58. The van der Waals surface area contributed by atoms with E-state index in [-0.39, 0.29) is 18.0 Å². The molecule has 0 atom stereocenters. The monoisotopic (exact) mass is 463 g/mol. The molecular weight excluding hydrogens is 432 g/mol. The molecule has 34 heavy (non-hydrogen) atoms. The van der Waals surface area contributed by atoms with Crippen molar-refractivity contribution in [1.82, 2.24) is 9.47 Å². The molecule has 1 aliphatic carbocycles. The van der Waals surface area contributed by atoms with Gasteiger partial charge in [-0.05, 0) is 74.4 Å². The van der Waals surface area contributed by atoms with Crippen LogP contribution in [0.5, 0.6) is 0 Å². The van der Waals surface area contributed by atoms with Gasteiger partial charge in [0, 0.05) is 43.1 Å². The molecule has 0 spiro atoms. The number of aryl methyl sites for hydroxylation is 1. The number of benzene rings is 2. The highest BCUT2D eigenvalue weighted by Crippen LogP contribution is 2.32. The quantitative estimate of drug-likeness (QED) is 0.527. The number of rotatable bonds is 4. The van der Waals surface area contributed by atoms with Crippen molar-refractivity contribution < 1.29 is 13.6 Å². The van der Waals surface area contributed by atoms with Gasteiger partial charge in [-0.1, -0.05) is 24.3 Å². The molecule has 0 saturated carbocycles. The van der Waals surface area contributed by atoms with Crippen molar-refractivity contribution in [1.29, 1.82) is 0 Å². The lowest BCUT2D eigenvalue weighted by atomic mass is 9.95. The lowest BCUT2D eigenvalue weighted by molar-refractivity contribution is 0.0735. The second-order valence-corrected chi connectivity index (χ2v) is 9.46. The van der Waals surface area contributed by atoms with Crippen molar-refractivity contribution in [2.45, 2.75) is 46.1 Å². The van der Waals surface area contributed by atoms with E-state index in [1.54, 1.807) is 0 Å². The fraction of sp³-hybridized carbons (Fsp3) is 0.393. The Labute approximate surface area is 199 Å². The minimum absolute atomic E-state index is 0.0179. The normalized spacial score (nSPS) is 16.0. The maximum absolute atomic E-state index is 14.5. The maximum Gasteiger partial charge on any atom is 0.270 e. The number of hydrogen-bond acceptors (Lipinski definition) is 2. The van der Waals surface area contributed by atoms with Crippen molar-refractivity contribution in [2.24, 2.45) is 0 Å². The number of hydrogen-bond donors (Lipinski definition) is 0. The first-order chi connectivity index (χ1) is 16.5. The summed E-state index contributed by atoms with van der Waals surface area (Å²) in [5.41, 5.74) is 6.27. The highest BCUT2D eigenvalue weighted by atomic mass is 19.1. The Bertz CT molecular complexity index is 1200. The standard InChI is InChI=1S/C28H31F2N3O/c1-19-8-3-5-12-25(19)31-14-16-32(17-15-31)28(34)27-20(2)21-9-4-6-13-26(21)33(27)18-22-23(29)10-7-11-24(22)30/h3,5,7-8,10-12H,4,6,9,13-18H2,1-2H3. The highest BCUT2D eigenvalue weighted by molar-refractivity contribution is 5.95. The van der Waals surface area contributed by atoms with Gasteiger partial charge in [-0.2, -0.15) is 0 Å². The Kier molecular flexibility index (Phi) is 6.15. The summed E-state index contributed by atoms with van der Waals surface area (Å²) < 4.78 is 31.0. The lowest BCUT2D eigenvalue weighted by Gasteiger charge is -2.37. The van der Waals surface area contributed by atoms with Crippen LogP contribution in [0.25, 0.3) is 0 Å². The van der Waals surface area contributed by atoms with Crippen LogP contribution in [0.3, 0.4) is 0 Å². The van der Waals surface area contributed by atoms with Gasteiger partial charge in [0.2, 0.25) is 0 Å². The minimum atomic E-state index is -0.568. The van der Waals surface area contributed by atoms with Gasteiger partial charge in [0.25, 0.3) is 5.91 Å². The van der Waals surface area contributed by atoms with E-state index in [0.29, 0.717) is 18.8 Å². The van der Waals surface area contributed by atoms with Gasteiger partial charge in [0.05, 0.1) is 6.54 Å². The van der Waals surface area contributed by atoms with E-state index in [4.69, 9.17) is 0 Å². The van der Waals surface area contributed by atoms with Gasteiger partial charge in [-0.15, -0.1) is 0 Å². The zero-order valence-electron chi connectivity index (χ0n) is 19.9. The second-order valence-electron chi connectivity index (χ2n) is 9.46. The summed E-state index contributed by atoms with van der Waals surface area (Å²) >= 11 is 0. The molecule has 1 saturated heterocycles. The summed E-state index contributed by atoms with van der Waals surface area (Å²) in [7, 11) is 0. The van der Waals surface area contributed by atoms with Gasteiger partial charge in [-0.25, -0.2) is 8.78 Å². The highest BCUT2D eigenvalue weighted by Gasteiger charge is 2.31. The molecule has 0 radical (unpaired) electrons. The van der Waals surface area contributed by atoms with Crippen LogP contribution in [0, 0.1) is 25.5 Å². The second kappa shape index (κ2) is 9.24. The summed E-state index contributed by atoms with van der Waals surface area (Å²) in [6, 6.07) is 12.3. The van der Waals surface area contributed by atoms with E-state index in [9.17, 15) is 13.6 Å². The van der Waals surface area contributed by atoms with E-state index < -0.39 is 11.6 Å². The average Bonchev–Trinajstić information content (AvgIpc) is 3.13. The first kappa shape index (κ1) is 22.6. The molecule has 1 aromatic heterocycles. The molecule has 5 rings (SSSR count). The van der Waals surface area contributed by atoms with Crippen molar-refractivity contribution in [2.75, 3.05) is 31.1 Å². The summed E-state index contributed by atoms with van der Waals surface area (Å²) in [5, 5.41) is 0. The zero-order chi connectivity index (χ0) is 23.8. The smallest absolute Gasteiger partial charge is 0.270 e. The Hall–Kier alpha value is -3.15. The molecule has 0 bridgehead atoms. The van der Waals surface area contributed by atoms with Gasteiger partial charge in [-0.3, -0.25) is 4.79 Å². The van der Waals surface area contributed by atoms with E-state index in [2.05, 4.69) is 24.0 Å². The molecule has 6 heteroatoms. The van der Waals surface area contributed by atoms with E-state index in [1.165, 1.54) is 35.0 Å². The number of carbonyl (C=O) groups is 1. The third-order valence-corrected chi connectivity index (χ3v) is 7.45. The Balaban J connectivity index is 1.45. The van der Waals surface area contributed by atoms with E-state index >= 15 is 0 Å². The number of nitrogens with zero attached hydrogens (tertiary/aromatic N) is 3. The Morgan fingerprint density at radius 3 is 2.26 bits per heavy atom. The molecular formula is C28H31F2N3O. The van der Waals surface area contributed by atoms with Gasteiger partial charge in [0.15, 0.2) is 0 Å². The van der Waals surface area contributed by atoms with Crippen molar-refractivity contribution in [3.63, 3.8) is 0 Å². The molecule has 2 aliphatic rings. The van der Waals surface area contributed by atoms with Crippen molar-refractivity contribution in [3.8, 4) is 0 Å². The number of halogens is 2. The molecule has 4 nitrogen and oxygen atoms in total. The first-order valence-electron chi connectivity index (χ1n) is 12.2.